The van der Waals surface area contributed by atoms with Crippen LogP contribution in [0.3, 0.4) is 0 Å². The highest BCUT2D eigenvalue weighted by Gasteiger charge is 2.49. The van der Waals surface area contributed by atoms with Crippen LogP contribution in [0.5, 0.6) is 0 Å². The van der Waals surface area contributed by atoms with Crippen LogP contribution < -0.4 is 5.32 Å². The minimum atomic E-state index is -1.05. The van der Waals surface area contributed by atoms with Crippen molar-refractivity contribution in [2.75, 3.05) is 0 Å². The smallest absolute Gasteiger partial charge is 0.246 e. The van der Waals surface area contributed by atoms with Crippen molar-refractivity contribution in [3.63, 3.8) is 0 Å². The molecule has 1 aromatic heterocycles. The summed E-state index contributed by atoms with van der Waals surface area (Å²) in [5.74, 6) is 0.0384. The van der Waals surface area contributed by atoms with Gasteiger partial charge in [-0.2, -0.15) is 0 Å². The van der Waals surface area contributed by atoms with Crippen LogP contribution in [0.15, 0.2) is 18.2 Å². The van der Waals surface area contributed by atoms with Crippen molar-refractivity contribution < 1.29 is 14.7 Å². The highest BCUT2D eigenvalue weighted by molar-refractivity contribution is 6.35. The summed E-state index contributed by atoms with van der Waals surface area (Å²) < 4.78 is 0. The molecule has 1 aromatic carbocycles. The Bertz CT molecular complexity index is 976. The number of amides is 2. The van der Waals surface area contributed by atoms with E-state index < -0.39 is 17.7 Å². The summed E-state index contributed by atoms with van der Waals surface area (Å²) in [5.41, 5.74) is 1.88. The average Bonchev–Trinajstić information content (AvgIpc) is 2.97. The number of carbonyl (C=O) groups excluding carboxylic acids is 2. The van der Waals surface area contributed by atoms with Gasteiger partial charge in [-0.05, 0) is 43.9 Å². The van der Waals surface area contributed by atoms with Crippen molar-refractivity contribution >= 4 is 34.3 Å². The first kappa shape index (κ1) is 20.2. The van der Waals surface area contributed by atoms with E-state index >= 15 is 0 Å². The minimum absolute atomic E-state index is 0.127. The number of hydrogen-bond donors (Lipinski definition) is 3. The van der Waals surface area contributed by atoms with E-state index in [0.717, 1.165) is 28.6 Å². The van der Waals surface area contributed by atoms with Gasteiger partial charge in [0.15, 0.2) is 0 Å². The third-order valence-corrected chi connectivity index (χ3v) is 6.20. The molecule has 0 radical (unpaired) electrons. The predicted molar refractivity (Wildman–Crippen MR) is 113 cm³/mol. The lowest BCUT2D eigenvalue weighted by Gasteiger charge is -2.47. The topological polar surface area (TPSA) is 85.4 Å². The van der Waals surface area contributed by atoms with Crippen molar-refractivity contribution in [2.24, 2.45) is 5.92 Å². The molecule has 4 rings (SSSR count). The van der Waals surface area contributed by atoms with Crippen molar-refractivity contribution in [3.8, 4) is 0 Å². The number of rotatable bonds is 4. The van der Waals surface area contributed by atoms with Crippen LogP contribution in [-0.4, -0.2) is 44.5 Å². The van der Waals surface area contributed by atoms with Crippen LogP contribution in [0.2, 0.25) is 5.02 Å². The number of fused-ring (bicyclic) bond motifs is 4. The fraction of sp³-hybridized carbons (Fsp3) is 0.545. The van der Waals surface area contributed by atoms with Crippen molar-refractivity contribution in [1.82, 2.24) is 15.2 Å². The molecule has 156 valence electrons. The van der Waals surface area contributed by atoms with Crippen LogP contribution in [0, 0.1) is 5.92 Å². The van der Waals surface area contributed by atoms with E-state index in [0.29, 0.717) is 17.4 Å². The number of H-pyrrole nitrogens is 1. The Morgan fingerprint density at radius 2 is 2.03 bits per heavy atom. The quantitative estimate of drug-likeness (QED) is 0.713. The first-order valence-corrected chi connectivity index (χ1v) is 10.6. The van der Waals surface area contributed by atoms with Crippen LogP contribution >= 0.6 is 11.6 Å². The summed E-state index contributed by atoms with van der Waals surface area (Å²) in [7, 11) is 0. The largest absolute Gasteiger partial charge is 0.390 e. The highest BCUT2D eigenvalue weighted by atomic mass is 35.5. The van der Waals surface area contributed by atoms with Gasteiger partial charge in [0.2, 0.25) is 11.8 Å². The molecule has 2 aliphatic heterocycles. The molecular formula is C22H28ClN3O3. The number of aromatic nitrogens is 1. The average molecular weight is 418 g/mol. The summed E-state index contributed by atoms with van der Waals surface area (Å²) in [6, 6.07) is 4.22. The maximum absolute atomic E-state index is 13.4. The van der Waals surface area contributed by atoms with Gasteiger partial charge in [0.1, 0.15) is 12.1 Å². The number of nitrogens with one attached hydrogen (secondary N) is 2. The van der Waals surface area contributed by atoms with Crippen LogP contribution in [0.1, 0.15) is 57.8 Å². The Kier molecular flexibility index (Phi) is 4.90. The summed E-state index contributed by atoms with van der Waals surface area (Å²) in [4.78, 5) is 31.7. The number of carbonyl (C=O) groups is 2. The molecule has 2 amide bonds. The molecule has 3 atom stereocenters. The number of nitrogens with zero attached hydrogens (tertiary/aromatic N) is 1. The zero-order valence-electron chi connectivity index (χ0n) is 17.3. The molecule has 0 unspecified atom stereocenters. The fourth-order valence-corrected chi connectivity index (χ4v) is 5.07. The van der Waals surface area contributed by atoms with E-state index in [-0.39, 0.29) is 24.3 Å². The van der Waals surface area contributed by atoms with Gasteiger partial charge >= 0.3 is 0 Å². The molecular weight excluding hydrogens is 390 g/mol. The van der Waals surface area contributed by atoms with Crippen molar-refractivity contribution in [3.05, 3.63) is 34.5 Å². The molecule has 29 heavy (non-hydrogen) atoms. The molecule has 6 nitrogen and oxygen atoms in total. The molecule has 0 aliphatic carbocycles. The van der Waals surface area contributed by atoms with Gasteiger partial charge < -0.3 is 20.3 Å². The highest BCUT2D eigenvalue weighted by Crippen LogP contribution is 2.43. The van der Waals surface area contributed by atoms with Gasteiger partial charge in [0.25, 0.3) is 0 Å². The predicted octanol–water partition coefficient (Wildman–Crippen LogP) is 3.32. The molecule has 0 saturated carbocycles. The first-order chi connectivity index (χ1) is 13.6. The molecule has 1 fully saturated rings. The lowest BCUT2D eigenvalue weighted by molar-refractivity contribution is -0.155. The van der Waals surface area contributed by atoms with E-state index in [2.05, 4.69) is 24.1 Å². The second-order valence-electron chi connectivity index (χ2n) is 9.37. The van der Waals surface area contributed by atoms with Crippen molar-refractivity contribution in [2.45, 2.75) is 70.7 Å². The normalized spacial score (nSPS) is 24.7. The molecule has 1 saturated heterocycles. The Morgan fingerprint density at radius 1 is 1.31 bits per heavy atom. The van der Waals surface area contributed by atoms with Gasteiger partial charge in [0, 0.05) is 29.4 Å². The molecule has 2 aliphatic rings. The van der Waals surface area contributed by atoms with Gasteiger partial charge in [-0.1, -0.05) is 31.5 Å². The van der Waals surface area contributed by atoms with Crippen LogP contribution in [0.4, 0.5) is 0 Å². The number of hydrogen-bond acceptors (Lipinski definition) is 3. The summed E-state index contributed by atoms with van der Waals surface area (Å²) in [6.07, 6.45) is 1.35. The fourth-order valence-electron chi connectivity index (χ4n) is 4.79. The van der Waals surface area contributed by atoms with Crippen LogP contribution in [0.25, 0.3) is 10.9 Å². The maximum atomic E-state index is 13.4. The second kappa shape index (κ2) is 7.03. The number of piperazine rings is 1. The van der Waals surface area contributed by atoms with Gasteiger partial charge in [-0.3, -0.25) is 9.59 Å². The lowest BCUT2D eigenvalue weighted by Crippen LogP contribution is -2.66. The number of halogens is 1. The minimum Gasteiger partial charge on any atom is -0.390 e. The summed E-state index contributed by atoms with van der Waals surface area (Å²) in [6.45, 7) is 7.53. The number of benzene rings is 1. The first-order valence-electron chi connectivity index (χ1n) is 10.2. The second-order valence-corrected chi connectivity index (χ2v) is 9.78. The maximum Gasteiger partial charge on any atom is 0.246 e. The number of aromatic amines is 1. The Morgan fingerprint density at radius 3 is 2.69 bits per heavy atom. The third-order valence-electron chi connectivity index (χ3n) is 5.88. The van der Waals surface area contributed by atoms with Gasteiger partial charge in [-0.25, -0.2) is 0 Å². The van der Waals surface area contributed by atoms with E-state index in [9.17, 15) is 14.7 Å². The van der Waals surface area contributed by atoms with E-state index in [1.54, 1.807) is 18.7 Å². The summed E-state index contributed by atoms with van der Waals surface area (Å²) in [5, 5.41) is 14.7. The molecule has 7 heteroatoms. The monoisotopic (exact) mass is 417 g/mol. The SMILES string of the molecule is CC(C)C[C@H]1c2[nH]c3cccc(Cl)c3c2C[C@H]2C(=O)N[C@@H](CC(C)(C)O)C(=O)N21. The van der Waals surface area contributed by atoms with Gasteiger partial charge in [0.05, 0.1) is 16.7 Å². The Balaban J connectivity index is 1.83. The Labute approximate surface area is 175 Å². The van der Waals surface area contributed by atoms with E-state index in [1.807, 2.05) is 18.2 Å². The van der Waals surface area contributed by atoms with E-state index in [4.69, 9.17) is 11.6 Å². The third kappa shape index (κ3) is 3.53. The standard InChI is InChI=1S/C22H28ClN3O3/c1-11(2)8-16-19-12(18-13(23)6-5-7-14(18)24-19)9-17-20(27)25-15(10-22(3,4)29)21(28)26(16)17/h5-7,11,15-17,24,29H,8-10H2,1-4H3,(H,25,27)/t15-,16-,17-/m0/s1. The molecule has 2 aromatic rings. The molecule has 0 spiro atoms. The van der Waals surface area contributed by atoms with E-state index in [1.165, 1.54) is 0 Å². The zero-order chi connectivity index (χ0) is 21.1. The molecule has 0 bridgehead atoms. The zero-order valence-corrected chi connectivity index (χ0v) is 18.0. The summed E-state index contributed by atoms with van der Waals surface area (Å²) >= 11 is 6.50. The lowest BCUT2D eigenvalue weighted by atomic mass is 9.84. The molecule has 3 heterocycles. The Hall–Kier alpha value is -2.05. The van der Waals surface area contributed by atoms with Crippen molar-refractivity contribution in [1.29, 1.82) is 0 Å². The molecule has 3 N–H and O–H groups in total. The van der Waals surface area contributed by atoms with Gasteiger partial charge in [-0.15, -0.1) is 0 Å². The van der Waals surface area contributed by atoms with Crippen LogP contribution in [-0.2, 0) is 16.0 Å². The number of aliphatic hydroxyl groups is 1.